The predicted molar refractivity (Wildman–Crippen MR) is 113 cm³/mol. The van der Waals surface area contributed by atoms with Crippen LogP contribution in [0.1, 0.15) is 24.3 Å². The number of carbonyl (C=O) groups is 1. The summed E-state index contributed by atoms with van der Waals surface area (Å²) in [6, 6.07) is 0. The van der Waals surface area contributed by atoms with E-state index in [-0.39, 0.29) is 36.6 Å². The lowest BCUT2D eigenvalue weighted by atomic mass is 9.89. The molecule has 1 N–H and O–H groups in total. The maximum absolute atomic E-state index is 13.1. The number of amides is 1. The van der Waals surface area contributed by atoms with E-state index in [1.807, 2.05) is 24.1 Å². The Bertz CT molecular complexity index is 615. The molecule has 7 nitrogen and oxygen atoms in total. The number of aryl methyl sites for hydroxylation is 1. The number of rotatable bonds is 4. The van der Waals surface area contributed by atoms with Crippen molar-refractivity contribution in [3.63, 3.8) is 0 Å². The molecular weight excluding hydrogens is 401 g/mol. The molecule has 1 amide bonds. The van der Waals surface area contributed by atoms with E-state index in [0.29, 0.717) is 5.91 Å². The van der Waals surface area contributed by atoms with E-state index in [1.165, 1.54) is 18.4 Å². The first-order valence-electron chi connectivity index (χ1n) is 9.99. The Labute approximate surface area is 180 Å². The molecule has 0 spiro atoms. The van der Waals surface area contributed by atoms with Gasteiger partial charge >= 0.3 is 0 Å². The van der Waals surface area contributed by atoms with Gasteiger partial charge in [-0.1, -0.05) is 0 Å². The van der Waals surface area contributed by atoms with E-state index in [0.717, 1.165) is 64.9 Å². The smallest absolute Gasteiger partial charge is 0.227 e. The van der Waals surface area contributed by atoms with Crippen LogP contribution in [-0.4, -0.2) is 84.5 Å². The molecule has 3 saturated heterocycles. The number of hydrogen-bond acceptors (Lipinski definition) is 5. The summed E-state index contributed by atoms with van der Waals surface area (Å²) in [6.45, 7) is 8.35. The summed E-state index contributed by atoms with van der Waals surface area (Å²) >= 11 is 0. The minimum atomic E-state index is 0. The number of piperazine rings is 1. The molecule has 1 aromatic rings. The summed E-state index contributed by atoms with van der Waals surface area (Å²) in [5, 5.41) is 7.69. The van der Waals surface area contributed by atoms with E-state index in [2.05, 4.69) is 20.2 Å². The van der Waals surface area contributed by atoms with Crippen molar-refractivity contribution >= 4 is 30.7 Å². The van der Waals surface area contributed by atoms with Gasteiger partial charge in [-0.3, -0.25) is 14.4 Å². The fourth-order valence-electron chi connectivity index (χ4n) is 4.60. The number of nitrogens with one attached hydrogen (secondary N) is 1. The van der Waals surface area contributed by atoms with Crippen LogP contribution in [0.3, 0.4) is 0 Å². The molecule has 3 fully saturated rings. The highest BCUT2D eigenvalue weighted by molar-refractivity contribution is 5.85. The van der Waals surface area contributed by atoms with Gasteiger partial charge in [-0.15, -0.1) is 24.8 Å². The largest absolute Gasteiger partial charge is 0.381 e. The van der Waals surface area contributed by atoms with Crippen LogP contribution in [-0.2, 0) is 16.6 Å². The Morgan fingerprint density at radius 1 is 1.18 bits per heavy atom. The molecule has 3 aliphatic rings. The minimum absolute atomic E-state index is 0. The number of carbonyl (C=O) groups excluding carboxylic acids is 1. The van der Waals surface area contributed by atoms with Gasteiger partial charge in [0.1, 0.15) is 0 Å². The molecule has 4 heterocycles. The molecule has 1 aromatic heterocycles. The van der Waals surface area contributed by atoms with Crippen LogP contribution in [0.4, 0.5) is 0 Å². The van der Waals surface area contributed by atoms with Crippen molar-refractivity contribution in [3.8, 4) is 0 Å². The monoisotopic (exact) mass is 433 g/mol. The molecule has 4 rings (SSSR count). The van der Waals surface area contributed by atoms with Gasteiger partial charge in [0.25, 0.3) is 0 Å². The van der Waals surface area contributed by atoms with Crippen molar-refractivity contribution in [2.45, 2.75) is 18.8 Å². The summed E-state index contributed by atoms with van der Waals surface area (Å²) in [5.41, 5.74) is 1.18. The maximum atomic E-state index is 13.1. The van der Waals surface area contributed by atoms with Crippen molar-refractivity contribution < 1.29 is 9.53 Å². The number of nitrogens with zero attached hydrogens (tertiary/aromatic N) is 4. The summed E-state index contributed by atoms with van der Waals surface area (Å²) in [4.78, 5) is 17.7. The Hall–Kier alpha value is -0.860. The number of ether oxygens (including phenoxy) is 1. The zero-order valence-corrected chi connectivity index (χ0v) is 18.2. The quantitative estimate of drug-likeness (QED) is 0.770. The van der Waals surface area contributed by atoms with Crippen LogP contribution in [0.25, 0.3) is 0 Å². The molecule has 28 heavy (non-hydrogen) atoms. The van der Waals surface area contributed by atoms with Gasteiger partial charge in [0.2, 0.25) is 5.91 Å². The highest BCUT2D eigenvalue weighted by Crippen LogP contribution is 2.29. The van der Waals surface area contributed by atoms with Gasteiger partial charge in [-0.05, 0) is 24.3 Å². The molecule has 0 aliphatic carbocycles. The molecule has 0 bridgehead atoms. The molecule has 160 valence electrons. The minimum Gasteiger partial charge on any atom is -0.381 e. The lowest BCUT2D eigenvalue weighted by molar-refractivity contribution is -0.137. The van der Waals surface area contributed by atoms with E-state index in [9.17, 15) is 4.79 Å². The highest BCUT2D eigenvalue weighted by atomic mass is 35.5. The molecular formula is C19H33Cl2N5O2. The molecule has 9 heteroatoms. The average Bonchev–Trinajstić information content (AvgIpc) is 3.31. The van der Waals surface area contributed by atoms with Crippen LogP contribution >= 0.6 is 24.8 Å². The van der Waals surface area contributed by atoms with Gasteiger partial charge in [0.15, 0.2) is 0 Å². The van der Waals surface area contributed by atoms with Gasteiger partial charge < -0.3 is 15.0 Å². The van der Waals surface area contributed by atoms with Gasteiger partial charge in [0.05, 0.1) is 12.1 Å². The zero-order valence-electron chi connectivity index (χ0n) is 16.6. The second-order valence-corrected chi connectivity index (χ2v) is 8.00. The Morgan fingerprint density at radius 3 is 2.54 bits per heavy atom. The van der Waals surface area contributed by atoms with Crippen molar-refractivity contribution in [2.75, 3.05) is 59.0 Å². The molecule has 0 aromatic carbocycles. The third-order valence-corrected chi connectivity index (χ3v) is 6.23. The summed E-state index contributed by atoms with van der Waals surface area (Å²) in [6.07, 6.45) is 6.31. The van der Waals surface area contributed by atoms with Crippen LogP contribution in [0.2, 0.25) is 0 Å². The third-order valence-electron chi connectivity index (χ3n) is 6.23. The van der Waals surface area contributed by atoms with Crippen LogP contribution < -0.4 is 5.32 Å². The Balaban J connectivity index is 0.00000140. The summed E-state index contributed by atoms with van der Waals surface area (Å²) in [5.74, 6) is 1.37. The van der Waals surface area contributed by atoms with E-state index < -0.39 is 0 Å². The summed E-state index contributed by atoms with van der Waals surface area (Å²) in [7, 11) is 1.93. The maximum Gasteiger partial charge on any atom is 0.227 e. The van der Waals surface area contributed by atoms with Crippen LogP contribution in [0.5, 0.6) is 0 Å². The number of hydrogen-bond donors (Lipinski definition) is 1. The van der Waals surface area contributed by atoms with Crippen LogP contribution in [0, 0.1) is 11.8 Å². The summed E-state index contributed by atoms with van der Waals surface area (Å²) < 4.78 is 7.28. The second kappa shape index (κ2) is 10.8. The van der Waals surface area contributed by atoms with Gasteiger partial charge in [-0.25, -0.2) is 0 Å². The lowest BCUT2D eigenvalue weighted by Crippen LogP contribution is -2.52. The first kappa shape index (κ1) is 23.4. The predicted octanol–water partition coefficient (Wildman–Crippen LogP) is 1.14. The standard InChI is InChI=1S/C19H31N5O2.2ClH/c1-22-14-16(10-21-22)17-11-20-12-18(17)19(25)24-6-4-23(5-7-24)13-15-2-8-26-9-3-15;;/h10,14-15,17-18,20H,2-9,11-13H2,1H3;2*1H/t17-,18+;;/m1../s1. The topological polar surface area (TPSA) is 62.6 Å². The zero-order chi connectivity index (χ0) is 17.9. The number of halogens is 2. The fourth-order valence-corrected chi connectivity index (χ4v) is 4.60. The van der Waals surface area contributed by atoms with Crippen LogP contribution in [0.15, 0.2) is 12.4 Å². The van der Waals surface area contributed by atoms with Crippen molar-refractivity contribution in [3.05, 3.63) is 18.0 Å². The molecule has 0 saturated carbocycles. The van der Waals surface area contributed by atoms with Gasteiger partial charge in [-0.2, -0.15) is 5.10 Å². The fraction of sp³-hybridized carbons (Fsp3) is 0.789. The highest BCUT2D eigenvalue weighted by Gasteiger charge is 2.37. The first-order chi connectivity index (χ1) is 12.7. The Morgan fingerprint density at radius 2 is 1.89 bits per heavy atom. The van der Waals surface area contributed by atoms with Crippen molar-refractivity contribution in [1.82, 2.24) is 24.9 Å². The molecule has 2 atom stereocenters. The lowest BCUT2D eigenvalue weighted by Gasteiger charge is -2.38. The molecule has 3 aliphatic heterocycles. The van der Waals surface area contributed by atoms with E-state index in [1.54, 1.807) is 0 Å². The number of aromatic nitrogens is 2. The van der Waals surface area contributed by atoms with Crippen molar-refractivity contribution in [2.24, 2.45) is 18.9 Å². The van der Waals surface area contributed by atoms with E-state index >= 15 is 0 Å². The normalized spacial score (nSPS) is 26.5. The van der Waals surface area contributed by atoms with Gasteiger partial charge in [0, 0.05) is 78.2 Å². The molecule has 0 radical (unpaired) electrons. The Kier molecular flexibility index (Phi) is 9.02. The van der Waals surface area contributed by atoms with Crippen molar-refractivity contribution in [1.29, 1.82) is 0 Å². The SMILES string of the molecule is Cl.Cl.Cn1cc([C@H]2CNC[C@@H]2C(=O)N2CCN(CC3CCOCC3)CC2)cn1. The first-order valence-corrected chi connectivity index (χ1v) is 9.99. The second-order valence-electron chi connectivity index (χ2n) is 8.00. The average molecular weight is 434 g/mol. The molecule has 0 unspecified atom stereocenters. The van der Waals surface area contributed by atoms with E-state index in [4.69, 9.17) is 4.74 Å². The third kappa shape index (κ3) is 5.39.